The van der Waals surface area contributed by atoms with E-state index in [9.17, 15) is 9.59 Å². The third-order valence-corrected chi connectivity index (χ3v) is 6.10. The molecule has 2 aromatic rings. The number of hydrogen-bond donors (Lipinski definition) is 1. The maximum Gasteiger partial charge on any atom is 0.305 e. The summed E-state index contributed by atoms with van der Waals surface area (Å²) in [5.41, 5.74) is 3.84. The minimum absolute atomic E-state index is 0.0488. The molecule has 1 N–H and O–H groups in total. The number of nitrogens with zero attached hydrogens (tertiary/aromatic N) is 1. The van der Waals surface area contributed by atoms with E-state index in [2.05, 4.69) is 52.0 Å². The smallest absolute Gasteiger partial charge is 0.305 e. The van der Waals surface area contributed by atoms with Crippen LogP contribution in [0.5, 0.6) is 5.75 Å². The van der Waals surface area contributed by atoms with Crippen molar-refractivity contribution in [3.8, 4) is 5.75 Å². The zero-order chi connectivity index (χ0) is 23.3. The van der Waals surface area contributed by atoms with Crippen molar-refractivity contribution < 1.29 is 19.4 Å². The Hall–Kier alpha value is -2.82. The zero-order valence-corrected chi connectivity index (χ0v) is 19.7. The molecule has 1 heterocycles. The molecule has 5 heteroatoms. The Balaban J connectivity index is 1.72. The van der Waals surface area contributed by atoms with E-state index < -0.39 is 5.97 Å². The average molecular weight is 438 g/mol. The first-order valence-electron chi connectivity index (χ1n) is 11.6. The molecule has 32 heavy (non-hydrogen) atoms. The van der Waals surface area contributed by atoms with Crippen LogP contribution in [-0.4, -0.2) is 40.6 Å². The van der Waals surface area contributed by atoms with Crippen molar-refractivity contribution in [2.45, 2.75) is 65.4 Å². The third kappa shape index (κ3) is 6.12. The standard InChI is InChI=1S/C27H35NO4/c1-5-20-6-8-21(9-7-20)17-27(4)18-23-16-22(10-11-24(23)32-27)26(31)28(14-12-19(2)3)15-13-25(29)30/h6-11,16,19H,5,12-15,17-18H2,1-4H3,(H,29,30)/t27-/m1/s1. The van der Waals surface area contributed by atoms with Gasteiger partial charge in [0.05, 0.1) is 6.42 Å². The van der Waals surface area contributed by atoms with E-state index >= 15 is 0 Å². The summed E-state index contributed by atoms with van der Waals surface area (Å²) in [7, 11) is 0. The quantitative estimate of drug-likeness (QED) is 0.558. The van der Waals surface area contributed by atoms with Crippen LogP contribution in [0.3, 0.4) is 0 Å². The second-order valence-corrected chi connectivity index (χ2v) is 9.52. The molecule has 0 unspecified atom stereocenters. The van der Waals surface area contributed by atoms with Gasteiger partial charge in [0, 0.05) is 31.5 Å². The Kier molecular flexibility index (Phi) is 7.60. The normalized spacial score (nSPS) is 17.2. The van der Waals surface area contributed by atoms with Crippen LogP contribution in [0.1, 0.15) is 67.6 Å². The maximum atomic E-state index is 13.2. The SMILES string of the molecule is CCc1ccc(C[C@]2(C)Cc3cc(C(=O)N(CCC(=O)O)CCC(C)C)ccc3O2)cc1. The Labute approximate surface area is 191 Å². The van der Waals surface area contributed by atoms with Crippen molar-refractivity contribution >= 4 is 11.9 Å². The fourth-order valence-corrected chi connectivity index (χ4v) is 4.22. The van der Waals surface area contributed by atoms with E-state index in [1.54, 1.807) is 11.0 Å². The van der Waals surface area contributed by atoms with Gasteiger partial charge in [-0.15, -0.1) is 0 Å². The molecule has 0 saturated carbocycles. The third-order valence-electron chi connectivity index (χ3n) is 6.10. The summed E-state index contributed by atoms with van der Waals surface area (Å²) < 4.78 is 6.31. The van der Waals surface area contributed by atoms with Crippen molar-refractivity contribution in [3.63, 3.8) is 0 Å². The van der Waals surface area contributed by atoms with Crippen LogP contribution in [-0.2, 0) is 24.1 Å². The van der Waals surface area contributed by atoms with Crippen molar-refractivity contribution in [2.75, 3.05) is 13.1 Å². The molecule has 1 amide bonds. The molecule has 1 aliphatic heterocycles. The lowest BCUT2D eigenvalue weighted by atomic mass is 9.91. The van der Waals surface area contributed by atoms with Gasteiger partial charge in [0.15, 0.2) is 0 Å². The topological polar surface area (TPSA) is 66.8 Å². The van der Waals surface area contributed by atoms with Crippen molar-refractivity contribution in [3.05, 3.63) is 64.7 Å². The largest absolute Gasteiger partial charge is 0.487 e. The van der Waals surface area contributed by atoms with Crippen LogP contribution in [0.25, 0.3) is 0 Å². The minimum atomic E-state index is -0.891. The number of ether oxygens (including phenoxy) is 1. The highest BCUT2D eigenvalue weighted by atomic mass is 16.5. The van der Waals surface area contributed by atoms with Gasteiger partial charge in [0.25, 0.3) is 5.91 Å². The lowest BCUT2D eigenvalue weighted by Crippen LogP contribution is -2.34. The van der Waals surface area contributed by atoms with E-state index in [1.807, 2.05) is 12.1 Å². The summed E-state index contributed by atoms with van der Waals surface area (Å²) in [6, 6.07) is 14.3. The molecule has 0 aromatic heterocycles. The number of rotatable bonds is 10. The first kappa shape index (κ1) is 23.8. The molecular weight excluding hydrogens is 402 g/mol. The summed E-state index contributed by atoms with van der Waals surface area (Å²) in [6.07, 6.45) is 3.35. The van der Waals surface area contributed by atoms with E-state index in [4.69, 9.17) is 9.84 Å². The predicted octanol–water partition coefficient (Wildman–Crippen LogP) is 5.15. The molecule has 1 atom stereocenters. The highest BCUT2D eigenvalue weighted by Gasteiger charge is 2.35. The summed E-state index contributed by atoms with van der Waals surface area (Å²) in [6.45, 7) is 9.25. The highest BCUT2D eigenvalue weighted by Crippen LogP contribution is 2.37. The van der Waals surface area contributed by atoms with Crippen LogP contribution in [0, 0.1) is 5.92 Å². The molecule has 5 nitrogen and oxygen atoms in total. The number of carboxylic acids is 1. The first-order chi connectivity index (χ1) is 15.2. The summed E-state index contributed by atoms with van der Waals surface area (Å²) in [5, 5.41) is 9.07. The minimum Gasteiger partial charge on any atom is -0.487 e. The van der Waals surface area contributed by atoms with Crippen LogP contribution in [0.4, 0.5) is 0 Å². The van der Waals surface area contributed by atoms with Crippen LogP contribution in [0.15, 0.2) is 42.5 Å². The second kappa shape index (κ2) is 10.2. The number of carbonyl (C=O) groups excluding carboxylic acids is 1. The molecule has 0 saturated heterocycles. The molecule has 0 aliphatic carbocycles. The number of amides is 1. The van der Waals surface area contributed by atoms with E-state index in [0.717, 1.165) is 37.0 Å². The molecule has 0 fully saturated rings. The van der Waals surface area contributed by atoms with Gasteiger partial charge in [0.2, 0.25) is 0 Å². The number of fused-ring (bicyclic) bond motifs is 1. The Morgan fingerprint density at radius 3 is 2.41 bits per heavy atom. The van der Waals surface area contributed by atoms with E-state index in [-0.39, 0.29) is 24.5 Å². The lowest BCUT2D eigenvalue weighted by molar-refractivity contribution is -0.137. The Bertz CT molecular complexity index is 951. The van der Waals surface area contributed by atoms with Gasteiger partial charge in [-0.3, -0.25) is 9.59 Å². The van der Waals surface area contributed by atoms with E-state index in [0.29, 0.717) is 18.0 Å². The molecule has 0 spiro atoms. The number of carboxylic acid groups (broad SMARTS) is 1. The number of benzene rings is 2. The molecule has 3 rings (SSSR count). The number of hydrogen-bond acceptors (Lipinski definition) is 3. The number of aryl methyl sites for hydroxylation is 1. The van der Waals surface area contributed by atoms with Crippen LogP contribution in [0.2, 0.25) is 0 Å². The van der Waals surface area contributed by atoms with Crippen molar-refractivity contribution in [1.29, 1.82) is 0 Å². The fourth-order valence-electron chi connectivity index (χ4n) is 4.22. The molecule has 172 valence electrons. The van der Waals surface area contributed by atoms with Gasteiger partial charge < -0.3 is 14.7 Å². The number of aliphatic carboxylic acids is 1. The first-order valence-corrected chi connectivity index (χ1v) is 11.6. The van der Waals surface area contributed by atoms with Crippen molar-refractivity contribution in [2.24, 2.45) is 5.92 Å². The number of carbonyl (C=O) groups is 2. The van der Waals surface area contributed by atoms with Crippen molar-refractivity contribution in [1.82, 2.24) is 4.90 Å². The molecular formula is C27H35NO4. The maximum absolute atomic E-state index is 13.2. The predicted molar refractivity (Wildman–Crippen MR) is 126 cm³/mol. The average Bonchev–Trinajstić information content (AvgIpc) is 3.08. The van der Waals surface area contributed by atoms with Gasteiger partial charge in [-0.1, -0.05) is 45.0 Å². The fraction of sp³-hybridized carbons (Fsp3) is 0.481. The van der Waals surface area contributed by atoms with E-state index in [1.165, 1.54) is 11.1 Å². The highest BCUT2D eigenvalue weighted by molar-refractivity contribution is 5.95. The Morgan fingerprint density at radius 1 is 1.09 bits per heavy atom. The van der Waals surface area contributed by atoms with Gasteiger partial charge >= 0.3 is 5.97 Å². The summed E-state index contributed by atoms with van der Waals surface area (Å²) in [5.74, 6) is 0.264. The van der Waals surface area contributed by atoms with Gasteiger partial charge in [-0.05, 0) is 60.6 Å². The lowest BCUT2D eigenvalue weighted by Gasteiger charge is -2.24. The molecule has 0 bridgehead atoms. The molecule has 2 aromatic carbocycles. The summed E-state index contributed by atoms with van der Waals surface area (Å²) >= 11 is 0. The van der Waals surface area contributed by atoms with Gasteiger partial charge in [-0.2, -0.15) is 0 Å². The van der Waals surface area contributed by atoms with Gasteiger partial charge in [0.1, 0.15) is 11.4 Å². The molecule has 0 radical (unpaired) electrons. The monoisotopic (exact) mass is 437 g/mol. The molecule has 1 aliphatic rings. The van der Waals surface area contributed by atoms with Crippen LogP contribution >= 0.6 is 0 Å². The van der Waals surface area contributed by atoms with Crippen LogP contribution < -0.4 is 4.74 Å². The Morgan fingerprint density at radius 2 is 1.78 bits per heavy atom. The zero-order valence-electron chi connectivity index (χ0n) is 19.7. The van der Waals surface area contributed by atoms with Gasteiger partial charge in [-0.25, -0.2) is 0 Å². The summed E-state index contributed by atoms with van der Waals surface area (Å²) in [4.78, 5) is 25.9. The second-order valence-electron chi connectivity index (χ2n) is 9.52.